The number of nitrogens with two attached hydrogens (primary N) is 1. The van der Waals surface area contributed by atoms with E-state index >= 15 is 0 Å². The zero-order chi connectivity index (χ0) is 16.5. The second-order valence-corrected chi connectivity index (χ2v) is 6.95. The van der Waals surface area contributed by atoms with Crippen LogP contribution in [0.15, 0.2) is 6.07 Å². The molecular weight excluding hydrogens is 308 g/mol. The third kappa shape index (κ3) is 3.26. The topological polar surface area (TPSA) is 80.0 Å². The monoisotopic (exact) mass is 334 g/mol. The minimum Gasteiger partial charge on any atom is -0.383 e. The Morgan fingerprint density at radius 1 is 1.04 bits per heavy atom. The van der Waals surface area contributed by atoms with Gasteiger partial charge in [-0.25, -0.2) is 0 Å². The van der Waals surface area contributed by atoms with Gasteiger partial charge in [-0.3, -0.25) is 4.90 Å². The van der Waals surface area contributed by atoms with Crippen molar-refractivity contribution in [1.29, 1.82) is 0 Å². The number of rotatable bonds is 2. The average molecular weight is 334 g/mol. The van der Waals surface area contributed by atoms with E-state index in [9.17, 15) is 0 Å². The predicted octanol–water partition coefficient (Wildman–Crippen LogP) is -0.338. The maximum absolute atomic E-state index is 6.08. The molecule has 0 aliphatic carbocycles. The van der Waals surface area contributed by atoms with Gasteiger partial charge in [0, 0.05) is 44.7 Å². The van der Waals surface area contributed by atoms with Crippen LogP contribution in [0.4, 0.5) is 17.6 Å². The summed E-state index contributed by atoms with van der Waals surface area (Å²) < 4.78 is 11.2. The fraction of sp³-hybridized carbons (Fsp3) is 0.750. The van der Waals surface area contributed by atoms with Crippen molar-refractivity contribution in [3.8, 4) is 0 Å². The first kappa shape index (κ1) is 15.9. The summed E-state index contributed by atoms with van der Waals surface area (Å²) in [4.78, 5) is 16.2. The van der Waals surface area contributed by atoms with Crippen molar-refractivity contribution in [2.45, 2.75) is 6.04 Å². The molecule has 2 atom stereocenters. The molecule has 0 spiro atoms. The van der Waals surface area contributed by atoms with E-state index in [0.29, 0.717) is 36.9 Å². The smallest absolute Gasteiger partial charge is 0.229 e. The third-order valence-electron chi connectivity index (χ3n) is 5.08. The summed E-state index contributed by atoms with van der Waals surface area (Å²) in [6, 6.07) is 2.28. The Kier molecular flexibility index (Phi) is 4.43. The van der Waals surface area contributed by atoms with Crippen LogP contribution in [0.5, 0.6) is 0 Å². The summed E-state index contributed by atoms with van der Waals surface area (Å²) in [7, 11) is 2.18. The van der Waals surface area contributed by atoms with E-state index in [4.69, 9.17) is 20.2 Å². The molecule has 0 radical (unpaired) electrons. The van der Waals surface area contributed by atoms with Crippen LogP contribution in [-0.4, -0.2) is 87.1 Å². The van der Waals surface area contributed by atoms with Gasteiger partial charge in [0.1, 0.15) is 11.6 Å². The molecule has 3 fully saturated rings. The minimum absolute atomic E-state index is 0.389. The Balaban J connectivity index is 1.60. The predicted molar refractivity (Wildman–Crippen MR) is 92.4 cm³/mol. The van der Waals surface area contributed by atoms with Crippen molar-refractivity contribution in [2.75, 3.05) is 81.7 Å². The lowest BCUT2D eigenvalue weighted by Crippen LogP contribution is -2.43. The maximum Gasteiger partial charge on any atom is 0.229 e. The van der Waals surface area contributed by atoms with E-state index in [1.54, 1.807) is 0 Å². The highest BCUT2D eigenvalue weighted by molar-refractivity contribution is 5.53. The van der Waals surface area contributed by atoms with E-state index in [2.05, 4.69) is 26.7 Å². The van der Waals surface area contributed by atoms with Gasteiger partial charge in [0.05, 0.1) is 32.5 Å². The fourth-order valence-corrected chi connectivity index (χ4v) is 3.74. The normalized spacial score (nSPS) is 28.7. The second kappa shape index (κ2) is 6.70. The summed E-state index contributed by atoms with van der Waals surface area (Å²) in [5.74, 6) is 2.66. The number of fused-ring (bicyclic) bond motifs is 3. The summed E-state index contributed by atoms with van der Waals surface area (Å²) >= 11 is 0. The summed E-state index contributed by atoms with van der Waals surface area (Å²) in [6.07, 6.45) is 0. The van der Waals surface area contributed by atoms with Gasteiger partial charge in [-0.05, 0) is 7.05 Å². The van der Waals surface area contributed by atoms with Gasteiger partial charge in [-0.15, -0.1) is 0 Å². The molecule has 1 aromatic rings. The third-order valence-corrected chi connectivity index (χ3v) is 5.08. The number of ether oxygens (including phenoxy) is 2. The molecule has 3 saturated heterocycles. The van der Waals surface area contributed by atoms with Crippen LogP contribution < -0.4 is 15.5 Å². The molecule has 8 heteroatoms. The molecule has 2 bridgehead atoms. The van der Waals surface area contributed by atoms with E-state index in [1.165, 1.54) is 0 Å². The van der Waals surface area contributed by atoms with Crippen LogP contribution in [-0.2, 0) is 9.47 Å². The molecule has 4 heterocycles. The first-order valence-corrected chi connectivity index (χ1v) is 8.69. The first-order valence-electron chi connectivity index (χ1n) is 8.69. The van der Waals surface area contributed by atoms with Crippen molar-refractivity contribution >= 4 is 17.6 Å². The van der Waals surface area contributed by atoms with Gasteiger partial charge < -0.3 is 25.0 Å². The van der Waals surface area contributed by atoms with E-state index < -0.39 is 0 Å². The van der Waals surface area contributed by atoms with E-state index in [0.717, 1.165) is 51.8 Å². The van der Waals surface area contributed by atoms with Crippen molar-refractivity contribution in [3.63, 3.8) is 0 Å². The number of hydrogen-bond acceptors (Lipinski definition) is 8. The Bertz CT molecular complexity index is 580. The largest absolute Gasteiger partial charge is 0.383 e. The highest BCUT2D eigenvalue weighted by Crippen LogP contribution is 2.25. The lowest BCUT2D eigenvalue weighted by molar-refractivity contribution is 0.0930. The molecule has 0 saturated carbocycles. The van der Waals surface area contributed by atoms with Crippen LogP contribution >= 0.6 is 0 Å². The first-order chi connectivity index (χ1) is 11.7. The molecule has 4 rings (SSSR count). The van der Waals surface area contributed by atoms with Crippen molar-refractivity contribution < 1.29 is 9.47 Å². The zero-order valence-electron chi connectivity index (χ0n) is 14.2. The van der Waals surface area contributed by atoms with Crippen molar-refractivity contribution in [2.24, 2.45) is 5.92 Å². The number of aromatic nitrogens is 2. The molecular formula is C16H26N6O2. The molecule has 3 aliphatic rings. The number of nitrogen functional groups attached to an aromatic ring is 1. The fourth-order valence-electron chi connectivity index (χ4n) is 3.74. The van der Waals surface area contributed by atoms with Crippen molar-refractivity contribution in [3.05, 3.63) is 6.07 Å². The van der Waals surface area contributed by atoms with Crippen LogP contribution in [0.25, 0.3) is 0 Å². The molecule has 0 aromatic carbocycles. The standard InChI is InChI=1S/C16H26N6O2/c1-20-7-12-8-22(9-13(20)11-24-10-12)15-6-14(17)18-16(19-15)21-2-4-23-5-3-21/h6,12-13H,2-5,7-11H2,1H3,(H2,17,18,19)/t12-,13+/m1/s1. The van der Waals surface area contributed by atoms with Crippen molar-refractivity contribution in [1.82, 2.24) is 14.9 Å². The van der Waals surface area contributed by atoms with E-state index in [1.807, 2.05) is 6.07 Å². The summed E-state index contributed by atoms with van der Waals surface area (Å²) in [5.41, 5.74) is 6.08. The van der Waals surface area contributed by atoms with Gasteiger partial charge in [-0.1, -0.05) is 0 Å². The number of hydrogen-bond donors (Lipinski definition) is 1. The molecule has 2 N–H and O–H groups in total. The Morgan fingerprint density at radius 3 is 2.71 bits per heavy atom. The van der Waals surface area contributed by atoms with Crippen LogP contribution in [0.2, 0.25) is 0 Å². The highest BCUT2D eigenvalue weighted by Gasteiger charge is 2.32. The van der Waals surface area contributed by atoms with Crippen LogP contribution in [0.1, 0.15) is 0 Å². The maximum atomic E-state index is 6.08. The Hall–Kier alpha value is -1.64. The van der Waals surface area contributed by atoms with Crippen LogP contribution in [0, 0.1) is 5.92 Å². The Labute approximate surface area is 142 Å². The number of nitrogens with zero attached hydrogens (tertiary/aromatic N) is 5. The molecule has 0 unspecified atom stereocenters. The van der Waals surface area contributed by atoms with Gasteiger partial charge in [0.2, 0.25) is 5.95 Å². The van der Waals surface area contributed by atoms with E-state index in [-0.39, 0.29) is 0 Å². The van der Waals surface area contributed by atoms with Gasteiger partial charge >= 0.3 is 0 Å². The van der Waals surface area contributed by atoms with Gasteiger partial charge in [0.15, 0.2) is 0 Å². The number of likely N-dealkylation sites (N-methyl/N-ethyl adjacent to an activating group) is 1. The van der Waals surface area contributed by atoms with Gasteiger partial charge in [-0.2, -0.15) is 9.97 Å². The lowest BCUT2D eigenvalue weighted by Gasteiger charge is -2.32. The number of morpholine rings is 1. The SMILES string of the molecule is CN1C[C@H]2COC[C@@H]1CN(c1cc(N)nc(N3CCOCC3)n1)C2. The molecule has 24 heavy (non-hydrogen) atoms. The molecule has 3 aliphatic heterocycles. The zero-order valence-corrected chi connectivity index (χ0v) is 14.2. The lowest BCUT2D eigenvalue weighted by atomic mass is 10.1. The molecule has 8 nitrogen and oxygen atoms in total. The van der Waals surface area contributed by atoms with Gasteiger partial charge in [0.25, 0.3) is 0 Å². The quantitative estimate of drug-likeness (QED) is 0.787. The average Bonchev–Trinajstić information content (AvgIpc) is 2.83. The molecule has 1 aromatic heterocycles. The summed E-state index contributed by atoms with van der Waals surface area (Å²) in [6.45, 7) is 7.56. The van der Waals surface area contributed by atoms with Crippen LogP contribution in [0.3, 0.4) is 0 Å². The minimum atomic E-state index is 0.389. The molecule has 0 amide bonds. The second-order valence-electron chi connectivity index (χ2n) is 6.95. The number of anilines is 3. The summed E-state index contributed by atoms with van der Waals surface area (Å²) in [5, 5.41) is 0. The Morgan fingerprint density at radius 2 is 1.88 bits per heavy atom. The molecule has 132 valence electrons. The highest BCUT2D eigenvalue weighted by atomic mass is 16.5.